The lowest BCUT2D eigenvalue weighted by Crippen LogP contribution is -2.29. The van der Waals surface area contributed by atoms with Crippen molar-refractivity contribution in [2.24, 2.45) is 0 Å². The summed E-state index contributed by atoms with van der Waals surface area (Å²) in [5.41, 5.74) is 0.580. The summed E-state index contributed by atoms with van der Waals surface area (Å²) >= 11 is 0. The van der Waals surface area contributed by atoms with Crippen LogP contribution >= 0.6 is 0 Å². The van der Waals surface area contributed by atoms with Crippen LogP contribution in [-0.2, 0) is 21.5 Å². The van der Waals surface area contributed by atoms with Gasteiger partial charge in [-0.25, -0.2) is 4.79 Å². The van der Waals surface area contributed by atoms with E-state index in [1.54, 1.807) is 19.9 Å². The number of aromatic hydroxyl groups is 1. The minimum Gasteiger partial charge on any atom is -0.508 e. The van der Waals surface area contributed by atoms with E-state index >= 15 is 0 Å². The smallest absolute Gasteiger partial charge is 0.340 e. The van der Waals surface area contributed by atoms with Crippen molar-refractivity contribution >= 4 is 22.8 Å². The fourth-order valence-electron chi connectivity index (χ4n) is 3.16. The third kappa shape index (κ3) is 2.52. The number of aryl methyl sites for hydroxylation is 1. The molecule has 2 aromatic rings. The Kier molecular flexibility index (Phi) is 4.60. The van der Waals surface area contributed by atoms with Crippen molar-refractivity contribution in [3.8, 4) is 5.75 Å². The molecular weight excluding hydrogens is 310 g/mol. The fourth-order valence-corrected chi connectivity index (χ4v) is 3.16. The first-order valence-corrected chi connectivity index (χ1v) is 7.94. The summed E-state index contributed by atoms with van der Waals surface area (Å²) in [6, 6.07) is 3.17. The summed E-state index contributed by atoms with van der Waals surface area (Å²) in [5.74, 6) is -1.74. The Morgan fingerprint density at radius 2 is 1.88 bits per heavy atom. The normalized spacial score (nSPS) is 11.7. The van der Waals surface area contributed by atoms with Crippen molar-refractivity contribution in [1.82, 2.24) is 4.57 Å². The van der Waals surface area contributed by atoms with Gasteiger partial charge in [-0.05, 0) is 46.8 Å². The number of rotatable bonds is 5. The standard InChI is InChI=1S/C18H23NO5/c1-6-19-10(3)13(16(21)24-7-2)14-11(19)8-9-12(20)15(14)18(4,5)17(22)23/h8-9,20H,6-7H2,1-5H3,(H,22,23). The first kappa shape index (κ1) is 17.8. The van der Waals surface area contributed by atoms with Crippen LogP contribution < -0.4 is 0 Å². The van der Waals surface area contributed by atoms with E-state index in [9.17, 15) is 19.8 Å². The number of nitrogens with zero attached hydrogens (tertiary/aromatic N) is 1. The summed E-state index contributed by atoms with van der Waals surface area (Å²) < 4.78 is 7.08. The molecule has 0 unspecified atom stereocenters. The van der Waals surface area contributed by atoms with Crippen LogP contribution in [0.25, 0.3) is 10.9 Å². The first-order valence-electron chi connectivity index (χ1n) is 7.94. The SMILES string of the molecule is CCOC(=O)c1c(C)n(CC)c2ccc(O)c(C(C)(C)C(=O)O)c12. The van der Waals surface area contributed by atoms with Gasteiger partial charge in [-0.3, -0.25) is 4.79 Å². The minimum atomic E-state index is -1.36. The van der Waals surface area contributed by atoms with Gasteiger partial charge in [-0.2, -0.15) is 0 Å². The van der Waals surface area contributed by atoms with Gasteiger partial charge in [-0.15, -0.1) is 0 Å². The molecule has 6 heteroatoms. The molecule has 0 bridgehead atoms. The molecule has 1 heterocycles. The van der Waals surface area contributed by atoms with Crippen LogP contribution in [0.15, 0.2) is 12.1 Å². The zero-order valence-corrected chi connectivity index (χ0v) is 14.6. The number of carbonyl (C=O) groups excluding carboxylic acids is 1. The molecule has 0 aliphatic heterocycles. The van der Waals surface area contributed by atoms with E-state index in [0.717, 1.165) is 0 Å². The van der Waals surface area contributed by atoms with Crippen LogP contribution in [0, 0.1) is 6.92 Å². The summed E-state index contributed by atoms with van der Waals surface area (Å²) in [4.78, 5) is 24.3. The molecule has 1 aromatic heterocycles. The first-order chi connectivity index (χ1) is 11.2. The van der Waals surface area contributed by atoms with Crippen LogP contribution in [0.2, 0.25) is 0 Å². The van der Waals surface area contributed by atoms with E-state index in [-0.39, 0.29) is 17.9 Å². The fraction of sp³-hybridized carbons (Fsp3) is 0.444. The van der Waals surface area contributed by atoms with Crippen molar-refractivity contribution in [1.29, 1.82) is 0 Å². The highest BCUT2D eigenvalue weighted by atomic mass is 16.5. The van der Waals surface area contributed by atoms with E-state index in [2.05, 4.69) is 0 Å². The number of esters is 1. The number of hydrogen-bond donors (Lipinski definition) is 2. The quantitative estimate of drug-likeness (QED) is 0.820. The third-order valence-corrected chi connectivity index (χ3v) is 4.42. The molecule has 2 N–H and O–H groups in total. The molecule has 0 spiro atoms. The molecule has 0 aliphatic carbocycles. The van der Waals surface area contributed by atoms with E-state index in [1.165, 1.54) is 19.9 Å². The third-order valence-electron chi connectivity index (χ3n) is 4.42. The predicted molar refractivity (Wildman–Crippen MR) is 90.6 cm³/mol. The second kappa shape index (κ2) is 6.19. The number of carbonyl (C=O) groups is 2. The second-order valence-corrected chi connectivity index (χ2v) is 6.21. The minimum absolute atomic E-state index is 0.145. The predicted octanol–water partition coefficient (Wildman–Crippen LogP) is 3.21. The van der Waals surface area contributed by atoms with Gasteiger partial charge in [0, 0.05) is 28.7 Å². The molecule has 0 saturated carbocycles. The second-order valence-electron chi connectivity index (χ2n) is 6.21. The van der Waals surface area contributed by atoms with Crippen LogP contribution in [0.3, 0.4) is 0 Å². The largest absolute Gasteiger partial charge is 0.508 e. The maximum absolute atomic E-state index is 12.5. The number of carboxylic acid groups (broad SMARTS) is 1. The van der Waals surface area contributed by atoms with Gasteiger partial charge in [0.1, 0.15) is 5.75 Å². The topological polar surface area (TPSA) is 88.8 Å². The van der Waals surface area contributed by atoms with Crippen molar-refractivity contribution in [3.63, 3.8) is 0 Å². The van der Waals surface area contributed by atoms with Crippen molar-refractivity contribution in [3.05, 3.63) is 29.0 Å². The highest BCUT2D eigenvalue weighted by Gasteiger charge is 2.37. The molecule has 0 aliphatic rings. The molecule has 1 aromatic carbocycles. The van der Waals surface area contributed by atoms with E-state index < -0.39 is 17.4 Å². The van der Waals surface area contributed by atoms with Gasteiger partial charge in [0.15, 0.2) is 0 Å². The van der Waals surface area contributed by atoms with Crippen LogP contribution in [0.1, 0.15) is 49.3 Å². The lowest BCUT2D eigenvalue weighted by atomic mass is 9.81. The molecular formula is C18H23NO5. The van der Waals surface area contributed by atoms with Crippen LogP contribution in [-0.4, -0.2) is 33.3 Å². The van der Waals surface area contributed by atoms with Crippen molar-refractivity contribution in [2.45, 2.75) is 46.6 Å². The molecule has 0 saturated heterocycles. The Hall–Kier alpha value is -2.50. The number of phenols is 1. The average Bonchev–Trinajstić information content (AvgIpc) is 2.78. The van der Waals surface area contributed by atoms with Gasteiger partial charge in [0.25, 0.3) is 0 Å². The Balaban J connectivity index is 3.01. The molecule has 24 heavy (non-hydrogen) atoms. The lowest BCUT2D eigenvalue weighted by Gasteiger charge is -2.22. The molecule has 0 fully saturated rings. The van der Waals surface area contributed by atoms with E-state index in [0.29, 0.717) is 28.7 Å². The Bertz CT molecular complexity index is 817. The van der Waals surface area contributed by atoms with E-state index in [4.69, 9.17) is 4.74 Å². The maximum Gasteiger partial charge on any atom is 0.340 e. The molecule has 6 nitrogen and oxygen atoms in total. The average molecular weight is 333 g/mol. The van der Waals surface area contributed by atoms with Crippen molar-refractivity contribution < 1.29 is 24.5 Å². The highest BCUT2D eigenvalue weighted by molar-refractivity contribution is 6.09. The molecule has 0 atom stereocenters. The van der Waals surface area contributed by atoms with Gasteiger partial charge < -0.3 is 19.5 Å². The number of aliphatic carboxylic acids is 1. The molecule has 2 rings (SSSR count). The zero-order chi connectivity index (χ0) is 18.2. The number of benzene rings is 1. The Morgan fingerprint density at radius 3 is 2.38 bits per heavy atom. The van der Waals surface area contributed by atoms with Crippen molar-refractivity contribution in [2.75, 3.05) is 6.61 Å². The van der Waals surface area contributed by atoms with Crippen LogP contribution in [0.4, 0.5) is 0 Å². The monoisotopic (exact) mass is 333 g/mol. The molecule has 0 amide bonds. The summed E-state index contributed by atoms with van der Waals surface area (Å²) in [6.07, 6.45) is 0. The zero-order valence-electron chi connectivity index (χ0n) is 14.6. The number of carboxylic acids is 1. The Labute approximate surface area is 140 Å². The highest BCUT2D eigenvalue weighted by Crippen LogP contribution is 2.41. The maximum atomic E-state index is 12.5. The summed E-state index contributed by atoms with van der Waals surface area (Å²) in [6.45, 7) is 9.30. The number of aromatic nitrogens is 1. The number of phenolic OH excluding ortho intramolecular Hbond substituents is 1. The number of ether oxygens (including phenoxy) is 1. The summed E-state index contributed by atoms with van der Waals surface area (Å²) in [5, 5.41) is 20.4. The van der Waals surface area contributed by atoms with Gasteiger partial charge in [0.05, 0.1) is 17.6 Å². The van der Waals surface area contributed by atoms with Gasteiger partial charge >= 0.3 is 11.9 Å². The lowest BCUT2D eigenvalue weighted by molar-refractivity contribution is -0.142. The number of hydrogen-bond acceptors (Lipinski definition) is 4. The van der Waals surface area contributed by atoms with Crippen LogP contribution in [0.5, 0.6) is 5.75 Å². The molecule has 0 radical (unpaired) electrons. The summed E-state index contributed by atoms with van der Waals surface area (Å²) in [7, 11) is 0. The molecule has 130 valence electrons. The van der Waals surface area contributed by atoms with E-state index in [1.807, 2.05) is 11.5 Å². The number of fused-ring (bicyclic) bond motifs is 1. The van der Waals surface area contributed by atoms with Gasteiger partial charge in [-0.1, -0.05) is 0 Å². The van der Waals surface area contributed by atoms with Gasteiger partial charge in [0.2, 0.25) is 0 Å². The Morgan fingerprint density at radius 1 is 1.25 bits per heavy atom.